The maximum Gasteiger partial charge on any atom is 0.247 e. The van der Waals surface area contributed by atoms with Crippen molar-refractivity contribution in [3.63, 3.8) is 0 Å². The summed E-state index contributed by atoms with van der Waals surface area (Å²) in [7, 11) is 0. The average Bonchev–Trinajstić information content (AvgIpc) is 3.32. The first kappa shape index (κ1) is 16.0. The van der Waals surface area contributed by atoms with Gasteiger partial charge in [-0.05, 0) is 48.5 Å². The molecule has 130 valence electrons. The summed E-state index contributed by atoms with van der Waals surface area (Å²) < 4.78 is 16.8. The Hall–Kier alpha value is -3.48. The van der Waals surface area contributed by atoms with E-state index in [0.29, 0.717) is 41.5 Å². The van der Waals surface area contributed by atoms with Gasteiger partial charge >= 0.3 is 0 Å². The van der Waals surface area contributed by atoms with Crippen LogP contribution >= 0.6 is 0 Å². The third kappa shape index (κ3) is 3.32. The van der Waals surface area contributed by atoms with Crippen molar-refractivity contribution in [3.05, 3.63) is 60.3 Å². The highest BCUT2D eigenvalue weighted by atomic mass is 16.5. The Bertz CT molecular complexity index is 1000. The molecule has 0 aliphatic carbocycles. The van der Waals surface area contributed by atoms with E-state index in [1.165, 1.54) is 0 Å². The Kier molecular flexibility index (Phi) is 4.18. The lowest BCUT2D eigenvalue weighted by atomic mass is 10.2. The number of ether oxygens (including phenoxy) is 1. The molecule has 7 nitrogen and oxygen atoms in total. The van der Waals surface area contributed by atoms with Crippen molar-refractivity contribution < 1.29 is 13.6 Å². The van der Waals surface area contributed by atoms with E-state index in [0.717, 1.165) is 11.1 Å². The Balaban J connectivity index is 1.47. The largest absolute Gasteiger partial charge is 0.457 e. The van der Waals surface area contributed by atoms with E-state index < -0.39 is 0 Å². The van der Waals surface area contributed by atoms with Crippen LogP contribution in [0.15, 0.2) is 57.4 Å². The maximum atomic E-state index is 5.86. The maximum absolute atomic E-state index is 5.86. The second-order valence-corrected chi connectivity index (χ2v) is 5.63. The molecule has 2 heterocycles. The quantitative estimate of drug-likeness (QED) is 0.526. The standard InChI is InChI=1S/C19H16N4O3/c1-3-17-21-23-19(26-17)14-6-10-16(11-7-14)25-15-8-4-13(5-9-15)18-22-20-12(2)24-18/h4-11H,3H2,1-2H3. The van der Waals surface area contributed by atoms with Gasteiger partial charge in [0, 0.05) is 24.5 Å². The van der Waals surface area contributed by atoms with Crippen LogP contribution in [0.4, 0.5) is 0 Å². The summed E-state index contributed by atoms with van der Waals surface area (Å²) in [6.45, 7) is 3.73. The van der Waals surface area contributed by atoms with Crippen LogP contribution < -0.4 is 4.74 Å². The number of rotatable bonds is 5. The van der Waals surface area contributed by atoms with E-state index in [1.54, 1.807) is 6.92 Å². The molecular formula is C19H16N4O3. The molecule has 0 atom stereocenters. The van der Waals surface area contributed by atoms with Crippen LogP contribution in [-0.4, -0.2) is 20.4 Å². The second-order valence-electron chi connectivity index (χ2n) is 5.63. The molecule has 0 aliphatic rings. The van der Waals surface area contributed by atoms with E-state index >= 15 is 0 Å². The minimum atomic E-state index is 0.490. The Morgan fingerprint density at radius 2 is 1.27 bits per heavy atom. The molecule has 0 spiro atoms. The van der Waals surface area contributed by atoms with Gasteiger partial charge in [-0.3, -0.25) is 0 Å². The number of hydrogen-bond donors (Lipinski definition) is 0. The smallest absolute Gasteiger partial charge is 0.247 e. The molecule has 0 aliphatic heterocycles. The molecule has 0 amide bonds. The number of benzene rings is 2. The Morgan fingerprint density at radius 3 is 1.73 bits per heavy atom. The van der Waals surface area contributed by atoms with Crippen LogP contribution in [0.1, 0.15) is 18.7 Å². The van der Waals surface area contributed by atoms with Crippen LogP contribution in [0.2, 0.25) is 0 Å². The van der Waals surface area contributed by atoms with Gasteiger partial charge in [-0.2, -0.15) is 0 Å². The van der Waals surface area contributed by atoms with Crippen molar-refractivity contribution in [2.24, 2.45) is 0 Å². The van der Waals surface area contributed by atoms with Crippen LogP contribution in [0.3, 0.4) is 0 Å². The molecular weight excluding hydrogens is 332 g/mol. The van der Waals surface area contributed by atoms with Crippen molar-refractivity contribution in [1.82, 2.24) is 20.4 Å². The average molecular weight is 348 g/mol. The summed E-state index contributed by atoms with van der Waals surface area (Å²) in [5.41, 5.74) is 1.70. The molecule has 0 saturated heterocycles. The molecule has 2 aromatic heterocycles. The second kappa shape index (κ2) is 6.79. The van der Waals surface area contributed by atoms with Gasteiger partial charge < -0.3 is 13.6 Å². The molecule has 0 N–H and O–H groups in total. The summed E-state index contributed by atoms with van der Waals surface area (Å²) in [6.07, 6.45) is 0.716. The summed E-state index contributed by atoms with van der Waals surface area (Å²) in [5.74, 6) is 3.58. The molecule has 0 fully saturated rings. The zero-order valence-electron chi connectivity index (χ0n) is 14.3. The van der Waals surface area contributed by atoms with Crippen molar-refractivity contribution in [2.45, 2.75) is 20.3 Å². The van der Waals surface area contributed by atoms with Gasteiger partial charge in [0.15, 0.2) is 0 Å². The van der Waals surface area contributed by atoms with Gasteiger partial charge in [0.2, 0.25) is 23.6 Å². The summed E-state index contributed by atoms with van der Waals surface area (Å²) in [4.78, 5) is 0. The van der Waals surface area contributed by atoms with Crippen LogP contribution in [-0.2, 0) is 6.42 Å². The van der Waals surface area contributed by atoms with Crippen LogP contribution in [0.25, 0.3) is 22.9 Å². The van der Waals surface area contributed by atoms with E-state index in [4.69, 9.17) is 13.6 Å². The van der Waals surface area contributed by atoms with E-state index in [9.17, 15) is 0 Å². The lowest BCUT2D eigenvalue weighted by Crippen LogP contribution is -1.85. The van der Waals surface area contributed by atoms with E-state index in [2.05, 4.69) is 20.4 Å². The molecule has 4 aromatic rings. The highest BCUT2D eigenvalue weighted by Gasteiger charge is 2.08. The Morgan fingerprint density at radius 1 is 0.731 bits per heavy atom. The fourth-order valence-corrected chi connectivity index (χ4v) is 2.39. The fraction of sp³-hybridized carbons (Fsp3) is 0.158. The van der Waals surface area contributed by atoms with Crippen LogP contribution in [0.5, 0.6) is 11.5 Å². The molecule has 0 saturated carbocycles. The number of aryl methyl sites for hydroxylation is 2. The third-order valence-electron chi connectivity index (χ3n) is 3.73. The SMILES string of the molecule is CCc1nnc(-c2ccc(Oc3ccc(-c4nnc(C)o4)cc3)cc2)o1. The van der Waals surface area contributed by atoms with Gasteiger partial charge in [-0.1, -0.05) is 6.92 Å². The van der Waals surface area contributed by atoms with Gasteiger partial charge in [0.1, 0.15) is 11.5 Å². The molecule has 7 heteroatoms. The number of aromatic nitrogens is 4. The number of hydrogen-bond acceptors (Lipinski definition) is 7. The first-order valence-corrected chi connectivity index (χ1v) is 8.22. The van der Waals surface area contributed by atoms with Gasteiger partial charge in [0.05, 0.1) is 0 Å². The Labute approximate surface area is 149 Å². The molecule has 0 bridgehead atoms. The summed E-state index contributed by atoms with van der Waals surface area (Å²) in [5, 5.41) is 15.8. The zero-order valence-corrected chi connectivity index (χ0v) is 14.3. The van der Waals surface area contributed by atoms with E-state index in [1.807, 2.05) is 55.5 Å². The minimum Gasteiger partial charge on any atom is -0.457 e. The first-order valence-electron chi connectivity index (χ1n) is 8.22. The topological polar surface area (TPSA) is 87.1 Å². The molecule has 4 rings (SSSR count). The molecule has 26 heavy (non-hydrogen) atoms. The summed E-state index contributed by atoms with van der Waals surface area (Å²) >= 11 is 0. The van der Waals surface area contributed by atoms with Crippen molar-refractivity contribution in [1.29, 1.82) is 0 Å². The van der Waals surface area contributed by atoms with Crippen LogP contribution in [0, 0.1) is 6.92 Å². The summed E-state index contributed by atoms with van der Waals surface area (Å²) in [6, 6.07) is 15.0. The fourth-order valence-electron chi connectivity index (χ4n) is 2.39. The van der Waals surface area contributed by atoms with Crippen molar-refractivity contribution >= 4 is 0 Å². The van der Waals surface area contributed by atoms with Crippen molar-refractivity contribution in [2.75, 3.05) is 0 Å². The predicted molar refractivity (Wildman–Crippen MR) is 93.7 cm³/mol. The molecule has 0 unspecified atom stereocenters. The van der Waals surface area contributed by atoms with Gasteiger partial charge in [-0.25, -0.2) is 0 Å². The normalized spacial score (nSPS) is 10.8. The minimum absolute atomic E-state index is 0.490. The lowest BCUT2D eigenvalue weighted by molar-refractivity contribution is 0.482. The lowest BCUT2D eigenvalue weighted by Gasteiger charge is -2.06. The highest BCUT2D eigenvalue weighted by Crippen LogP contribution is 2.27. The van der Waals surface area contributed by atoms with Crippen molar-refractivity contribution in [3.8, 4) is 34.4 Å². The first-order chi connectivity index (χ1) is 12.7. The van der Waals surface area contributed by atoms with E-state index in [-0.39, 0.29) is 0 Å². The molecule has 2 aromatic carbocycles. The number of nitrogens with zero attached hydrogens (tertiary/aromatic N) is 4. The van der Waals surface area contributed by atoms with Gasteiger partial charge in [0.25, 0.3) is 0 Å². The molecule has 0 radical (unpaired) electrons. The highest BCUT2D eigenvalue weighted by molar-refractivity contribution is 5.56. The zero-order chi connectivity index (χ0) is 17.9. The van der Waals surface area contributed by atoms with Gasteiger partial charge in [-0.15, -0.1) is 20.4 Å². The third-order valence-corrected chi connectivity index (χ3v) is 3.73. The monoisotopic (exact) mass is 348 g/mol. The predicted octanol–water partition coefficient (Wildman–Crippen LogP) is 4.45.